The molecule has 4 aliphatic carbocycles. The zero-order valence-electron chi connectivity index (χ0n) is 46.0. The van der Waals surface area contributed by atoms with Crippen molar-refractivity contribution in [3.05, 3.63) is 11.6 Å². The van der Waals surface area contributed by atoms with Gasteiger partial charge >= 0.3 is 0 Å². The van der Waals surface area contributed by atoms with E-state index in [1.54, 1.807) is 0 Å². The quantitative estimate of drug-likeness (QED) is 0.0645. The van der Waals surface area contributed by atoms with E-state index in [4.69, 9.17) is 37.9 Å². The molecule has 0 unspecified atom stereocenters. The molecule has 15 N–H and O–H groups in total. The minimum atomic E-state index is -1.94. The Kier molecular flexibility index (Phi) is 18.8. The van der Waals surface area contributed by atoms with Crippen molar-refractivity contribution in [2.75, 3.05) is 26.4 Å². The molecule has 450 valence electrons. The van der Waals surface area contributed by atoms with Crippen LogP contribution in [0.5, 0.6) is 0 Å². The van der Waals surface area contributed by atoms with Crippen LogP contribution < -0.4 is 0 Å². The molecule has 0 spiro atoms. The maximum absolute atomic E-state index is 15.2. The highest BCUT2D eigenvalue weighted by molar-refractivity contribution is 5.88. The Morgan fingerprint density at radius 2 is 1.12 bits per heavy atom. The third-order valence-electron chi connectivity index (χ3n) is 20.5. The Labute approximate surface area is 454 Å². The van der Waals surface area contributed by atoms with Gasteiger partial charge in [-0.3, -0.25) is 4.79 Å². The molecule has 24 heteroatoms. The first-order chi connectivity index (χ1) is 36.4. The summed E-state index contributed by atoms with van der Waals surface area (Å²) in [4.78, 5) is 15.2. The number of hydrogen-bond acceptors (Lipinski definition) is 24. The summed E-state index contributed by atoms with van der Waals surface area (Å²) >= 11 is 0. The summed E-state index contributed by atoms with van der Waals surface area (Å²) in [6.45, 7) is 13.2. The molecule has 24 nitrogen and oxygen atoms in total. The van der Waals surface area contributed by atoms with E-state index in [-0.39, 0.29) is 41.3 Å². The number of hydrogen-bond donors (Lipinski definition) is 15. The van der Waals surface area contributed by atoms with Crippen LogP contribution in [0.25, 0.3) is 0 Å². The average molecular weight is 1120 g/mol. The molecule has 3 saturated carbocycles. The lowest BCUT2D eigenvalue weighted by Crippen LogP contribution is -2.65. The monoisotopic (exact) mass is 1120 g/mol. The number of aliphatic hydroxyl groups is 15. The number of carbonyl (C=O) groups excluding carboxylic acids is 1. The van der Waals surface area contributed by atoms with Crippen molar-refractivity contribution in [1.29, 1.82) is 0 Å². The SMILES string of the molecule is C[C@H](CC[C@@H](O[C@@H]1O[C@H](CO[C@@H]2O[C@H](CO)[C@@H](O)[C@H](O)[C@H]2O)[C@@H](O)[C@H](O)[C@H]1O[C@@H]1O[C@H](CO)[C@@H](O)[C@H](O)[C@H]1O)C(C)(C)O)[C@H]1CC[C@@]2(C)[C@@H]3CC=C4[C@@H](CC[C@H](O[C@@H]5O[C@H](CO)[C@@H](O)[C@H](O)[C@H]5O)C4(C)C)[C@]3(C)C(=O)C[C@]12C. The van der Waals surface area contributed by atoms with Gasteiger partial charge < -0.3 is 114 Å². The molecule has 0 aromatic carbocycles. The second kappa shape index (κ2) is 23.5. The van der Waals surface area contributed by atoms with E-state index in [2.05, 4.69) is 47.6 Å². The predicted molar refractivity (Wildman–Crippen MR) is 267 cm³/mol. The molecule has 0 amide bonds. The van der Waals surface area contributed by atoms with Crippen LogP contribution in [0.2, 0.25) is 0 Å². The fraction of sp³-hybridized carbons (Fsp3) is 0.944. The first kappa shape index (κ1) is 62.5. The smallest absolute Gasteiger partial charge is 0.187 e. The van der Waals surface area contributed by atoms with Crippen molar-refractivity contribution < 1.29 is 119 Å². The fourth-order valence-corrected chi connectivity index (χ4v) is 15.3. The van der Waals surface area contributed by atoms with E-state index in [0.29, 0.717) is 32.1 Å². The molecule has 4 heterocycles. The van der Waals surface area contributed by atoms with Gasteiger partial charge in [-0.1, -0.05) is 53.2 Å². The van der Waals surface area contributed by atoms with Crippen molar-refractivity contribution in [1.82, 2.24) is 0 Å². The topological polar surface area (TPSA) is 394 Å². The van der Waals surface area contributed by atoms with Crippen LogP contribution in [0, 0.1) is 45.3 Å². The van der Waals surface area contributed by atoms with Crippen LogP contribution in [-0.2, 0) is 42.7 Å². The van der Waals surface area contributed by atoms with Gasteiger partial charge in [-0.25, -0.2) is 0 Å². The summed E-state index contributed by atoms with van der Waals surface area (Å²) < 4.78 is 47.7. The van der Waals surface area contributed by atoms with E-state index >= 15 is 4.79 Å². The van der Waals surface area contributed by atoms with Gasteiger partial charge in [0.1, 0.15) is 103 Å². The maximum Gasteiger partial charge on any atom is 0.187 e. The van der Waals surface area contributed by atoms with Gasteiger partial charge in [-0.2, -0.15) is 0 Å². The van der Waals surface area contributed by atoms with E-state index in [9.17, 15) is 76.6 Å². The van der Waals surface area contributed by atoms with Crippen LogP contribution in [0.4, 0.5) is 0 Å². The lowest BCUT2D eigenvalue weighted by atomic mass is 9.38. The Morgan fingerprint density at radius 3 is 1.65 bits per heavy atom. The summed E-state index contributed by atoms with van der Waals surface area (Å²) in [7, 11) is 0. The summed E-state index contributed by atoms with van der Waals surface area (Å²) in [5.74, 6) is 0.111. The highest BCUT2D eigenvalue weighted by Gasteiger charge is 2.71. The van der Waals surface area contributed by atoms with Crippen LogP contribution in [0.1, 0.15) is 107 Å². The standard InChI is InChI=1S/C54H90O24/c1-22(23-15-16-52(6)30-12-10-24-25(54(30,8)31(58)17-53(23,52)7)11-14-32(50(24,2)3)76-47-43(68)39(64)35(60)27(19-56)73-47)9-13-33(51(4,5)70)77-49-45(78-48-44(69)40(65)36(61)28(20-57)74-48)41(66)37(62)29(75-49)21-71-46-42(67)38(63)34(59)26(18-55)72-46/h10,22-23,25-30,32-49,55-57,59-70H,9,11-21H2,1-8H3/t22-,23-,25-,26-,27-,28-,29-,30+,32+,33-,34-,35-,36-,37-,38+,39+,40+,41+,42-,43-,44-,45-,46-,47+,48+,49+,52+,53-,54+/m1/s1. The summed E-state index contributed by atoms with van der Waals surface area (Å²) in [6.07, 6.45) is -27.7. The van der Waals surface area contributed by atoms with Crippen molar-refractivity contribution in [2.45, 2.75) is 247 Å². The van der Waals surface area contributed by atoms with E-state index in [0.717, 1.165) is 18.4 Å². The summed E-state index contributed by atoms with van der Waals surface area (Å²) in [5.41, 5.74) is -2.54. The lowest BCUT2D eigenvalue weighted by molar-refractivity contribution is -0.380. The molecule has 0 aromatic heterocycles. The highest BCUT2D eigenvalue weighted by atomic mass is 16.8. The average Bonchev–Trinajstić information content (AvgIpc) is 3.21. The second-order valence-electron chi connectivity index (χ2n) is 25.7. The lowest BCUT2D eigenvalue weighted by Gasteiger charge is -2.65. The van der Waals surface area contributed by atoms with Gasteiger partial charge in [-0.05, 0) is 93.3 Å². The number of allylic oxidation sites excluding steroid dienone is 1. The van der Waals surface area contributed by atoms with Gasteiger partial charge in [0.15, 0.2) is 25.2 Å². The Hall–Kier alpha value is -1.51. The molecule has 8 rings (SSSR count). The van der Waals surface area contributed by atoms with Crippen molar-refractivity contribution in [3.63, 3.8) is 0 Å². The van der Waals surface area contributed by atoms with Crippen molar-refractivity contribution in [3.8, 4) is 0 Å². The number of rotatable bonds is 17. The number of ether oxygens (including phenoxy) is 8. The van der Waals surface area contributed by atoms with Gasteiger partial charge in [0.25, 0.3) is 0 Å². The molecule has 4 aliphatic heterocycles. The molecular formula is C54H90O24. The van der Waals surface area contributed by atoms with E-state index < -0.39 is 183 Å². The molecule has 0 aromatic rings. The Bertz CT molecular complexity index is 2070. The third kappa shape index (κ3) is 10.9. The highest BCUT2D eigenvalue weighted by Crippen LogP contribution is 2.74. The second-order valence-corrected chi connectivity index (χ2v) is 25.7. The molecule has 7 fully saturated rings. The zero-order chi connectivity index (χ0) is 57.5. The normalized spacial score (nSPS) is 50.5. The Balaban J connectivity index is 0.988. The molecule has 29 atom stereocenters. The largest absolute Gasteiger partial charge is 0.394 e. The molecule has 0 radical (unpaired) electrons. The molecule has 78 heavy (non-hydrogen) atoms. The fourth-order valence-electron chi connectivity index (χ4n) is 15.3. The van der Waals surface area contributed by atoms with Crippen LogP contribution in [-0.4, -0.2) is 249 Å². The summed E-state index contributed by atoms with van der Waals surface area (Å²) in [5, 5.41) is 159. The number of Topliss-reactive ketones (excluding diaryl/α,β-unsaturated/α-hetero) is 1. The van der Waals surface area contributed by atoms with Gasteiger partial charge in [0.2, 0.25) is 0 Å². The first-order valence-electron chi connectivity index (χ1n) is 27.9. The minimum absolute atomic E-state index is 0.00290. The van der Waals surface area contributed by atoms with E-state index in [1.807, 2.05) is 0 Å². The Morgan fingerprint density at radius 1 is 0.615 bits per heavy atom. The van der Waals surface area contributed by atoms with Crippen molar-refractivity contribution in [2.24, 2.45) is 45.3 Å². The minimum Gasteiger partial charge on any atom is -0.394 e. The first-order valence-corrected chi connectivity index (χ1v) is 27.9. The molecule has 8 aliphatic rings. The molecular weight excluding hydrogens is 1030 g/mol. The summed E-state index contributed by atoms with van der Waals surface area (Å²) in [6, 6.07) is 0. The van der Waals surface area contributed by atoms with Gasteiger partial charge in [0.05, 0.1) is 44.2 Å². The third-order valence-corrected chi connectivity index (χ3v) is 20.5. The number of aliphatic hydroxyl groups excluding tert-OH is 14. The maximum atomic E-state index is 15.2. The van der Waals surface area contributed by atoms with Crippen LogP contribution in [0.15, 0.2) is 11.6 Å². The van der Waals surface area contributed by atoms with Crippen LogP contribution >= 0.6 is 0 Å². The molecule has 4 saturated heterocycles. The number of ketones is 1. The number of carbonyl (C=O) groups is 1. The zero-order valence-corrected chi connectivity index (χ0v) is 46.0. The van der Waals surface area contributed by atoms with Crippen molar-refractivity contribution >= 4 is 5.78 Å². The van der Waals surface area contributed by atoms with Crippen LogP contribution in [0.3, 0.4) is 0 Å². The van der Waals surface area contributed by atoms with Gasteiger partial charge in [-0.15, -0.1) is 0 Å². The molecule has 0 bridgehead atoms. The predicted octanol–water partition coefficient (Wildman–Crippen LogP) is -3.02. The number of fused-ring (bicyclic) bond motifs is 5. The van der Waals surface area contributed by atoms with Gasteiger partial charge in [0, 0.05) is 17.3 Å². The van der Waals surface area contributed by atoms with E-state index in [1.165, 1.54) is 13.8 Å².